The first-order valence-corrected chi connectivity index (χ1v) is 14.8. The SMILES string of the molecule is C[C@H](N[P@](=O)(OC[C@H]1O[C@@H](n2ccc(=O)[nH]c2=S)C(C)(O)[C@H]1O)Oc1ccccc1)C(=O)OC1CCCCC1. The van der Waals surface area contributed by atoms with Gasteiger partial charge in [0.1, 0.15) is 35.7 Å². The zero-order chi connectivity index (χ0) is 28.2. The quantitative estimate of drug-likeness (QED) is 0.185. The lowest BCUT2D eigenvalue weighted by Gasteiger charge is -2.28. The van der Waals surface area contributed by atoms with Crippen LogP contribution in [-0.4, -0.2) is 62.3 Å². The molecule has 12 nitrogen and oxygen atoms in total. The number of carbonyl (C=O) groups is 1. The number of nitrogens with zero attached hydrogens (tertiary/aromatic N) is 1. The Hall–Kier alpha value is -2.38. The summed E-state index contributed by atoms with van der Waals surface area (Å²) in [4.78, 5) is 26.7. The summed E-state index contributed by atoms with van der Waals surface area (Å²) in [5, 5.41) is 24.5. The van der Waals surface area contributed by atoms with E-state index in [4.69, 9.17) is 30.7 Å². The number of aliphatic hydroxyl groups excluding tert-OH is 1. The molecular weight excluding hydrogens is 549 g/mol. The first kappa shape index (κ1) is 29.6. The van der Waals surface area contributed by atoms with Crippen molar-refractivity contribution in [2.75, 3.05) is 6.61 Å². The van der Waals surface area contributed by atoms with Gasteiger partial charge in [-0.1, -0.05) is 24.6 Å². The average molecular weight is 584 g/mol. The first-order valence-electron chi connectivity index (χ1n) is 12.8. The van der Waals surface area contributed by atoms with Gasteiger partial charge >= 0.3 is 13.7 Å². The molecular formula is C25H34N3O9PS. The molecule has 1 aliphatic carbocycles. The van der Waals surface area contributed by atoms with Crippen molar-refractivity contribution in [2.24, 2.45) is 0 Å². The fourth-order valence-corrected chi connectivity index (χ4v) is 6.37. The van der Waals surface area contributed by atoms with Crippen LogP contribution in [0.25, 0.3) is 0 Å². The molecule has 14 heteroatoms. The van der Waals surface area contributed by atoms with Gasteiger partial charge in [0.2, 0.25) is 0 Å². The largest absolute Gasteiger partial charge is 0.461 e. The van der Waals surface area contributed by atoms with Crippen LogP contribution in [0.15, 0.2) is 47.4 Å². The van der Waals surface area contributed by atoms with Crippen LogP contribution in [0.2, 0.25) is 0 Å². The summed E-state index contributed by atoms with van der Waals surface area (Å²) < 4.78 is 37.8. The molecule has 1 aromatic carbocycles. The van der Waals surface area contributed by atoms with Crippen molar-refractivity contribution >= 4 is 25.9 Å². The highest BCUT2D eigenvalue weighted by molar-refractivity contribution is 7.71. The van der Waals surface area contributed by atoms with Gasteiger partial charge in [-0.25, -0.2) is 4.57 Å². The van der Waals surface area contributed by atoms with Gasteiger partial charge in [-0.05, 0) is 63.9 Å². The summed E-state index contributed by atoms with van der Waals surface area (Å²) in [5.41, 5.74) is -2.28. The van der Waals surface area contributed by atoms with Crippen molar-refractivity contribution in [3.63, 3.8) is 0 Å². The molecule has 39 heavy (non-hydrogen) atoms. The number of esters is 1. The maximum Gasteiger partial charge on any atom is 0.459 e. The first-order chi connectivity index (χ1) is 18.5. The summed E-state index contributed by atoms with van der Waals surface area (Å²) in [6.45, 7) is 2.36. The zero-order valence-corrected chi connectivity index (χ0v) is 23.4. The van der Waals surface area contributed by atoms with E-state index in [0.717, 1.165) is 32.1 Å². The number of aliphatic hydroxyl groups is 2. The second-order valence-corrected chi connectivity index (χ2v) is 12.0. The Bertz CT molecular complexity index is 1300. The molecule has 2 aliphatic rings. The van der Waals surface area contributed by atoms with Gasteiger partial charge in [0.05, 0.1) is 6.61 Å². The van der Waals surface area contributed by atoms with E-state index in [9.17, 15) is 24.4 Å². The van der Waals surface area contributed by atoms with E-state index in [1.165, 1.54) is 30.7 Å². The van der Waals surface area contributed by atoms with Gasteiger partial charge in [0.25, 0.3) is 5.56 Å². The molecule has 1 unspecified atom stereocenters. The molecule has 4 rings (SSSR count). The summed E-state index contributed by atoms with van der Waals surface area (Å²) in [5.74, 6) is -0.367. The smallest absolute Gasteiger partial charge is 0.459 e. The van der Waals surface area contributed by atoms with Crippen LogP contribution in [-0.2, 0) is 23.4 Å². The van der Waals surface area contributed by atoms with Crippen molar-refractivity contribution in [1.29, 1.82) is 0 Å². The Labute approximate surface area is 230 Å². The highest BCUT2D eigenvalue weighted by Crippen LogP contribution is 2.47. The molecule has 2 heterocycles. The maximum absolute atomic E-state index is 13.8. The van der Waals surface area contributed by atoms with E-state index < -0.39 is 56.0 Å². The standard InChI is InChI=1S/C25H34N3O9PS/c1-16(22(31)35-17-9-5-3-6-10-17)27-38(33,37-18-11-7-4-8-12-18)34-15-19-21(30)25(2,32)23(36-19)28-14-13-20(29)26-24(28)39/h4,7-8,11-14,16-17,19,21,23,30,32H,3,5-6,9-10,15H2,1-2H3,(H,27,33)(H,26,29,39)/t16-,19+,21-,23+,25?,38-/m0/s1. The fourth-order valence-electron chi connectivity index (χ4n) is 4.61. The normalized spacial score (nSPS) is 27.9. The van der Waals surface area contributed by atoms with Crippen molar-refractivity contribution in [1.82, 2.24) is 14.6 Å². The lowest BCUT2D eigenvalue weighted by molar-refractivity contribution is -0.152. The van der Waals surface area contributed by atoms with Crippen molar-refractivity contribution in [3.8, 4) is 5.75 Å². The van der Waals surface area contributed by atoms with Crippen molar-refractivity contribution in [2.45, 2.75) is 82.1 Å². The number of carbonyl (C=O) groups excluding carboxylic acids is 1. The van der Waals surface area contributed by atoms with E-state index in [2.05, 4.69) is 10.1 Å². The lowest BCUT2D eigenvalue weighted by Crippen LogP contribution is -2.45. The molecule has 1 saturated carbocycles. The van der Waals surface area contributed by atoms with Gasteiger partial charge in [-0.3, -0.25) is 23.7 Å². The van der Waals surface area contributed by atoms with Crippen LogP contribution in [0.4, 0.5) is 0 Å². The van der Waals surface area contributed by atoms with Crippen LogP contribution in [0.1, 0.15) is 52.2 Å². The number of hydrogen-bond donors (Lipinski definition) is 4. The summed E-state index contributed by atoms with van der Waals surface area (Å²) in [7, 11) is -4.23. The van der Waals surface area contributed by atoms with Gasteiger partial charge in [0.15, 0.2) is 11.0 Å². The molecule has 1 aliphatic heterocycles. The van der Waals surface area contributed by atoms with Crippen LogP contribution in [0.5, 0.6) is 5.75 Å². The number of benzene rings is 1. The van der Waals surface area contributed by atoms with Gasteiger partial charge in [-0.2, -0.15) is 5.09 Å². The number of rotatable bonds is 10. The van der Waals surface area contributed by atoms with Crippen LogP contribution in [0, 0.1) is 4.77 Å². The van der Waals surface area contributed by atoms with E-state index in [0.29, 0.717) is 0 Å². The molecule has 1 aromatic heterocycles. The number of aromatic nitrogens is 2. The predicted molar refractivity (Wildman–Crippen MR) is 143 cm³/mol. The highest BCUT2D eigenvalue weighted by atomic mass is 32.1. The van der Waals surface area contributed by atoms with Crippen molar-refractivity contribution < 1.29 is 38.1 Å². The Balaban J connectivity index is 1.48. The minimum absolute atomic E-state index is 0.0217. The molecule has 0 bridgehead atoms. The zero-order valence-electron chi connectivity index (χ0n) is 21.7. The number of aromatic amines is 1. The second-order valence-electron chi connectivity index (χ2n) is 9.96. The molecule has 6 atom stereocenters. The van der Waals surface area contributed by atoms with E-state index in [1.54, 1.807) is 30.3 Å². The number of ether oxygens (including phenoxy) is 2. The minimum atomic E-state index is -4.23. The van der Waals surface area contributed by atoms with E-state index in [-0.39, 0.29) is 16.6 Å². The minimum Gasteiger partial charge on any atom is -0.461 e. The molecule has 2 fully saturated rings. The number of H-pyrrole nitrogens is 1. The lowest BCUT2D eigenvalue weighted by atomic mass is 9.96. The Morgan fingerprint density at radius 2 is 1.97 bits per heavy atom. The van der Waals surface area contributed by atoms with E-state index in [1.807, 2.05) is 0 Å². The molecule has 1 saturated heterocycles. The van der Waals surface area contributed by atoms with E-state index >= 15 is 0 Å². The fraction of sp³-hybridized carbons (Fsp3) is 0.560. The summed E-state index contributed by atoms with van der Waals surface area (Å²) in [6, 6.07) is 8.42. The second kappa shape index (κ2) is 12.4. The summed E-state index contributed by atoms with van der Waals surface area (Å²) >= 11 is 5.17. The summed E-state index contributed by atoms with van der Waals surface area (Å²) in [6.07, 6.45) is 1.94. The molecule has 214 valence electrons. The third kappa shape index (κ3) is 7.23. The molecule has 0 spiro atoms. The van der Waals surface area contributed by atoms with Crippen LogP contribution >= 0.6 is 20.0 Å². The average Bonchev–Trinajstić information content (AvgIpc) is 3.12. The number of nitrogens with one attached hydrogen (secondary N) is 2. The maximum atomic E-state index is 13.8. The third-order valence-electron chi connectivity index (χ3n) is 6.78. The van der Waals surface area contributed by atoms with Crippen LogP contribution in [0.3, 0.4) is 0 Å². The Kier molecular flexibility index (Phi) is 9.43. The van der Waals surface area contributed by atoms with Crippen LogP contribution < -0.4 is 15.2 Å². The van der Waals surface area contributed by atoms with Gasteiger partial charge in [0, 0.05) is 12.3 Å². The number of para-hydroxylation sites is 1. The van der Waals surface area contributed by atoms with Gasteiger partial charge in [-0.15, -0.1) is 0 Å². The van der Waals surface area contributed by atoms with Gasteiger partial charge < -0.3 is 24.2 Å². The molecule has 0 amide bonds. The molecule has 2 aromatic rings. The van der Waals surface area contributed by atoms with Crippen molar-refractivity contribution in [3.05, 3.63) is 57.7 Å². The predicted octanol–water partition coefficient (Wildman–Crippen LogP) is 2.97. The third-order valence-corrected chi connectivity index (χ3v) is 8.73. The Morgan fingerprint density at radius 3 is 2.64 bits per heavy atom. The topological polar surface area (TPSA) is 161 Å². The molecule has 4 N–H and O–H groups in total. The molecule has 0 radical (unpaired) electrons. The monoisotopic (exact) mass is 583 g/mol. The number of hydrogen-bond acceptors (Lipinski definition) is 10. The highest BCUT2D eigenvalue weighted by Gasteiger charge is 2.54. The Morgan fingerprint density at radius 1 is 1.28 bits per heavy atom.